The van der Waals surface area contributed by atoms with Gasteiger partial charge in [0, 0.05) is 13.1 Å². The highest BCUT2D eigenvalue weighted by Crippen LogP contribution is 2.60. The highest BCUT2D eigenvalue weighted by Gasteiger charge is 2.61. The van der Waals surface area contributed by atoms with Crippen molar-refractivity contribution in [2.45, 2.75) is 40.7 Å². The maximum Gasteiger partial charge on any atom is 0.227 e. The van der Waals surface area contributed by atoms with Crippen molar-refractivity contribution in [2.75, 3.05) is 20.8 Å². The molecule has 0 radical (unpaired) electrons. The SMILES string of the molecule is COc1cc2c(cc1OC)CN(C(=O)C1C(C=C(C)C)C1(C)C)CC2. The molecule has 0 N–H and O–H groups in total. The van der Waals surface area contributed by atoms with Gasteiger partial charge in [0.25, 0.3) is 0 Å². The van der Waals surface area contributed by atoms with E-state index in [9.17, 15) is 4.79 Å². The fourth-order valence-electron chi connectivity index (χ4n) is 4.09. The number of rotatable bonds is 4. The molecule has 1 amide bonds. The van der Waals surface area contributed by atoms with Gasteiger partial charge in [0.1, 0.15) is 0 Å². The van der Waals surface area contributed by atoms with E-state index in [0.717, 1.165) is 30.0 Å². The molecule has 1 aromatic carbocycles. The van der Waals surface area contributed by atoms with Crippen LogP contribution in [-0.4, -0.2) is 31.6 Å². The van der Waals surface area contributed by atoms with Gasteiger partial charge >= 0.3 is 0 Å². The number of carbonyl (C=O) groups excluding carboxylic acids is 1. The Morgan fingerprint density at radius 2 is 1.76 bits per heavy atom. The second kappa shape index (κ2) is 6.40. The minimum absolute atomic E-state index is 0.0617. The van der Waals surface area contributed by atoms with Crippen LogP contribution < -0.4 is 9.47 Å². The summed E-state index contributed by atoms with van der Waals surface area (Å²) in [5, 5.41) is 0. The van der Waals surface area contributed by atoms with Gasteiger partial charge in [-0.25, -0.2) is 0 Å². The molecule has 1 heterocycles. The third-order valence-corrected chi connectivity index (χ3v) is 5.72. The molecule has 1 aromatic rings. The third-order valence-electron chi connectivity index (χ3n) is 5.72. The highest BCUT2D eigenvalue weighted by atomic mass is 16.5. The number of ether oxygens (including phenoxy) is 2. The molecule has 136 valence electrons. The van der Waals surface area contributed by atoms with Crippen molar-refractivity contribution in [1.82, 2.24) is 4.90 Å². The zero-order valence-electron chi connectivity index (χ0n) is 16.2. The Morgan fingerprint density at radius 3 is 2.32 bits per heavy atom. The highest BCUT2D eigenvalue weighted by molar-refractivity contribution is 5.84. The molecule has 1 aliphatic carbocycles. The molecular weight excluding hydrogens is 314 g/mol. The molecule has 1 saturated carbocycles. The summed E-state index contributed by atoms with van der Waals surface area (Å²) >= 11 is 0. The molecule has 1 aliphatic heterocycles. The molecule has 2 unspecified atom stereocenters. The van der Waals surface area contributed by atoms with Crippen molar-refractivity contribution in [2.24, 2.45) is 17.3 Å². The molecule has 0 bridgehead atoms. The molecule has 0 saturated heterocycles. The van der Waals surface area contributed by atoms with Crippen molar-refractivity contribution in [3.05, 3.63) is 34.9 Å². The summed E-state index contributed by atoms with van der Waals surface area (Å²) in [7, 11) is 3.30. The zero-order chi connectivity index (χ0) is 18.4. The summed E-state index contributed by atoms with van der Waals surface area (Å²) in [5.74, 6) is 2.23. The number of nitrogens with zero attached hydrogens (tertiary/aromatic N) is 1. The number of hydrogen-bond acceptors (Lipinski definition) is 3. The molecule has 1 fully saturated rings. The van der Waals surface area contributed by atoms with Crippen molar-refractivity contribution < 1.29 is 14.3 Å². The lowest BCUT2D eigenvalue weighted by molar-refractivity contribution is -0.134. The number of amides is 1. The average Bonchev–Trinajstić information content (AvgIpc) is 3.11. The summed E-state index contributed by atoms with van der Waals surface area (Å²) in [6.45, 7) is 10.0. The van der Waals surface area contributed by atoms with Crippen molar-refractivity contribution in [3.63, 3.8) is 0 Å². The van der Waals surface area contributed by atoms with Gasteiger partial charge in [0.05, 0.1) is 20.1 Å². The first-order valence-corrected chi connectivity index (χ1v) is 8.97. The zero-order valence-corrected chi connectivity index (χ0v) is 16.2. The molecule has 0 aromatic heterocycles. The Bertz CT molecular complexity index is 716. The van der Waals surface area contributed by atoms with Gasteiger partial charge < -0.3 is 14.4 Å². The van der Waals surface area contributed by atoms with Crippen LogP contribution in [0.5, 0.6) is 11.5 Å². The average molecular weight is 343 g/mol. The lowest BCUT2D eigenvalue weighted by Crippen LogP contribution is -2.37. The normalized spacial score (nSPS) is 23.5. The summed E-state index contributed by atoms with van der Waals surface area (Å²) in [4.78, 5) is 15.1. The molecule has 4 nitrogen and oxygen atoms in total. The predicted molar refractivity (Wildman–Crippen MR) is 98.9 cm³/mol. The summed E-state index contributed by atoms with van der Waals surface area (Å²) in [6, 6.07) is 4.06. The molecule has 25 heavy (non-hydrogen) atoms. The third kappa shape index (κ3) is 3.14. The molecule has 3 rings (SSSR count). The number of fused-ring (bicyclic) bond motifs is 1. The Hall–Kier alpha value is -1.97. The molecule has 0 spiro atoms. The molecular formula is C21H29NO3. The maximum atomic E-state index is 13.1. The van der Waals surface area contributed by atoms with E-state index in [1.165, 1.54) is 11.1 Å². The van der Waals surface area contributed by atoms with Gasteiger partial charge in [0.15, 0.2) is 11.5 Å². The van der Waals surface area contributed by atoms with E-state index in [1.807, 2.05) is 17.0 Å². The number of methoxy groups -OCH3 is 2. The second-order valence-corrected chi connectivity index (χ2v) is 8.05. The van der Waals surface area contributed by atoms with Crippen molar-refractivity contribution >= 4 is 5.91 Å². The van der Waals surface area contributed by atoms with E-state index in [4.69, 9.17) is 9.47 Å². The van der Waals surface area contributed by atoms with Crippen LogP contribution in [0.4, 0.5) is 0 Å². The summed E-state index contributed by atoms with van der Waals surface area (Å²) in [6.07, 6.45) is 3.12. The fourth-order valence-corrected chi connectivity index (χ4v) is 4.09. The van der Waals surface area contributed by atoms with Crippen LogP contribution in [0.2, 0.25) is 0 Å². The van der Waals surface area contributed by atoms with E-state index in [0.29, 0.717) is 12.5 Å². The second-order valence-electron chi connectivity index (χ2n) is 8.05. The van der Waals surface area contributed by atoms with Gasteiger partial charge in [-0.3, -0.25) is 4.79 Å². The van der Waals surface area contributed by atoms with Crippen LogP contribution in [0.25, 0.3) is 0 Å². The standard InChI is InChI=1S/C21H29NO3/c1-13(2)9-16-19(21(16,3)4)20(23)22-8-7-14-10-17(24-5)18(25-6)11-15(14)12-22/h9-11,16,19H,7-8,12H2,1-6H3. The topological polar surface area (TPSA) is 38.8 Å². The Balaban J connectivity index is 1.79. The van der Waals surface area contributed by atoms with Gasteiger partial charge in [-0.05, 0) is 54.9 Å². The molecule has 2 aliphatic rings. The number of benzene rings is 1. The van der Waals surface area contributed by atoms with Crippen molar-refractivity contribution in [1.29, 1.82) is 0 Å². The smallest absolute Gasteiger partial charge is 0.227 e. The Morgan fingerprint density at radius 1 is 1.16 bits per heavy atom. The first kappa shape index (κ1) is 17.8. The fraction of sp³-hybridized carbons (Fsp3) is 0.571. The molecule has 4 heteroatoms. The van der Waals surface area contributed by atoms with E-state index >= 15 is 0 Å². The minimum atomic E-state index is 0.0617. The van der Waals surface area contributed by atoms with Crippen LogP contribution in [0, 0.1) is 17.3 Å². The van der Waals surface area contributed by atoms with E-state index in [-0.39, 0.29) is 17.2 Å². The van der Waals surface area contributed by atoms with E-state index in [1.54, 1.807) is 14.2 Å². The lowest BCUT2D eigenvalue weighted by atomic mass is 9.98. The number of carbonyl (C=O) groups is 1. The van der Waals surface area contributed by atoms with Gasteiger partial charge in [0.2, 0.25) is 5.91 Å². The van der Waals surface area contributed by atoms with Crippen LogP contribution in [-0.2, 0) is 17.8 Å². The Labute approximate surface area is 150 Å². The van der Waals surface area contributed by atoms with Gasteiger partial charge in [-0.15, -0.1) is 0 Å². The van der Waals surface area contributed by atoms with Crippen LogP contribution >= 0.6 is 0 Å². The van der Waals surface area contributed by atoms with Crippen LogP contribution in [0.1, 0.15) is 38.8 Å². The van der Waals surface area contributed by atoms with Gasteiger partial charge in [-0.2, -0.15) is 0 Å². The predicted octanol–water partition coefficient (Wildman–Crippen LogP) is 3.83. The summed E-state index contributed by atoms with van der Waals surface area (Å²) < 4.78 is 10.8. The minimum Gasteiger partial charge on any atom is -0.493 e. The molecule has 2 atom stereocenters. The Kier molecular flexibility index (Phi) is 4.56. The maximum absolute atomic E-state index is 13.1. The lowest BCUT2D eigenvalue weighted by Gasteiger charge is -2.30. The van der Waals surface area contributed by atoms with Crippen molar-refractivity contribution in [3.8, 4) is 11.5 Å². The van der Waals surface area contributed by atoms with E-state index in [2.05, 4.69) is 33.8 Å². The first-order valence-electron chi connectivity index (χ1n) is 8.97. The number of hydrogen-bond donors (Lipinski definition) is 0. The quantitative estimate of drug-likeness (QED) is 0.780. The number of allylic oxidation sites excluding steroid dienone is 2. The van der Waals surface area contributed by atoms with E-state index < -0.39 is 0 Å². The first-order chi connectivity index (χ1) is 11.8. The monoisotopic (exact) mass is 343 g/mol. The largest absolute Gasteiger partial charge is 0.493 e. The summed E-state index contributed by atoms with van der Waals surface area (Å²) in [5.41, 5.74) is 3.76. The van der Waals surface area contributed by atoms with Gasteiger partial charge in [-0.1, -0.05) is 25.5 Å². The van der Waals surface area contributed by atoms with Crippen LogP contribution in [0.15, 0.2) is 23.8 Å². The van der Waals surface area contributed by atoms with Crippen LogP contribution in [0.3, 0.4) is 0 Å².